The van der Waals surface area contributed by atoms with E-state index in [9.17, 15) is 0 Å². The second-order valence-corrected chi connectivity index (χ2v) is 12.4. The maximum atomic E-state index is 7.01. The number of aromatic nitrogens is 4. The number of fused-ring (bicyclic) bond motifs is 7. The molecule has 0 saturated heterocycles. The third-order valence-electron chi connectivity index (χ3n) is 9.47. The van der Waals surface area contributed by atoms with Crippen molar-refractivity contribution in [2.75, 3.05) is 0 Å². The first-order chi connectivity index (χ1) is 24.8. The molecule has 7 aromatic carbocycles. The van der Waals surface area contributed by atoms with Gasteiger partial charge < -0.3 is 8.98 Å². The van der Waals surface area contributed by atoms with Crippen LogP contribution in [0, 0.1) is 0 Å². The van der Waals surface area contributed by atoms with Gasteiger partial charge in [-0.2, -0.15) is 0 Å². The van der Waals surface area contributed by atoms with Crippen molar-refractivity contribution in [1.29, 1.82) is 0 Å². The van der Waals surface area contributed by atoms with Crippen LogP contribution in [0.25, 0.3) is 94.7 Å². The molecule has 234 valence electrons. The van der Waals surface area contributed by atoms with Crippen molar-refractivity contribution >= 4 is 43.7 Å². The van der Waals surface area contributed by atoms with E-state index in [4.69, 9.17) is 19.4 Å². The summed E-state index contributed by atoms with van der Waals surface area (Å²) in [5, 5.41) is 4.37. The number of hydrogen-bond acceptors (Lipinski definition) is 4. The molecule has 0 saturated carbocycles. The van der Waals surface area contributed by atoms with Crippen molar-refractivity contribution in [3.8, 4) is 51.0 Å². The summed E-state index contributed by atoms with van der Waals surface area (Å²) in [6, 6.07) is 58.5. The number of rotatable bonds is 5. The van der Waals surface area contributed by atoms with Gasteiger partial charge in [0.25, 0.3) is 0 Å². The first-order valence-corrected chi connectivity index (χ1v) is 16.7. The summed E-state index contributed by atoms with van der Waals surface area (Å²) in [6.07, 6.45) is 0. The molecule has 0 amide bonds. The van der Waals surface area contributed by atoms with Crippen LogP contribution in [-0.2, 0) is 0 Å². The van der Waals surface area contributed by atoms with E-state index in [1.165, 1.54) is 16.5 Å². The Morgan fingerprint density at radius 1 is 0.360 bits per heavy atom. The monoisotopic (exact) mass is 640 g/mol. The molecule has 0 N–H and O–H groups in total. The average molecular weight is 641 g/mol. The minimum absolute atomic E-state index is 0.565. The van der Waals surface area contributed by atoms with Crippen LogP contribution in [0.4, 0.5) is 0 Å². The molecule has 0 aliphatic carbocycles. The quantitative estimate of drug-likeness (QED) is 0.188. The summed E-state index contributed by atoms with van der Waals surface area (Å²) in [5.74, 6) is 1.80. The fourth-order valence-electron chi connectivity index (χ4n) is 7.11. The summed E-state index contributed by atoms with van der Waals surface area (Å²) in [6.45, 7) is 0. The Morgan fingerprint density at radius 2 is 0.880 bits per heavy atom. The first kappa shape index (κ1) is 28.2. The van der Waals surface area contributed by atoms with Gasteiger partial charge in [0.2, 0.25) is 0 Å². The Kier molecular flexibility index (Phi) is 6.42. The Labute approximate surface area is 287 Å². The molecule has 0 aliphatic rings. The van der Waals surface area contributed by atoms with Crippen molar-refractivity contribution in [1.82, 2.24) is 19.5 Å². The number of nitrogens with zero attached hydrogens (tertiary/aromatic N) is 4. The molecule has 0 spiro atoms. The summed E-state index contributed by atoms with van der Waals surface area (Å²) in [7, 11) is 0. The Morgan fingerprint density at radius 3 is 1.56 bits per heavy atom. The zero-order valence-electron chi connectivity index (χ0n) is 26.9. The molecule has 3 aromatic heterocycles. The second kappa shape index (κ2) is 11.4. The molecule has 3 heterocycles. The van der Waals surface area contributed by atoms with Crippen LogP contribution in [0.5, 0.6) is 0 Å². The molecule has 0 aliphatic heterocycles. The highest BCUT2D eigenvalue weighted by Crippen LogP contribution is 2.42. The Balaban J connectivity index is 1.22. The van der Waals surface area contributed by atoms with E-state index >= 15 is 0 Å². The van der Waals surface area contributed by atoms with E-state index in [2.05, 4.69) is 102 Å². The van der Waals surface area contributed by atoms with Crippen molar-refractivity contribution in [3.63, 3.8) is 0 Å². The summed E-state index contributed by atoms with van der Waals surface area (Å²) in [4.78, 5) is 15.0. The minimum Gasteiger partial charge on any atom is -0.453 e. The fourth-order valence-corrected chi connectivity index (χ4v) is 7.11. The highest BCUT2D eigenvalue weighted by atomic mass is 16.3. The van der Waals surface area contributed by atoms with Crippen LogP contribution in [-0.4, -0.2) is 19.5 Å². The van der Waals surface area contributed by atoms with Crippen molar-refractivity contribution in [3.05, 3.63) is 170 Å². The molecule has 5 heteroatoms. The van der Waals surface area contributed by atoms with E-state index in [1.807, 2.05) is 72.8 Å². The highest BCUT2D eigenvalue weighted by molar-refractivity contribution is 6.22. The molecule has 0 bridgehead atoms. The van der Waals surface area contributed by atoms with Gasteiger partial charge in [0, 0.05) is 38.4 Å². The van der Waals surface area contributed by atoms with Gasteiger partial charge in [-0.3, -0.25) is 0 Å². The molecular formula is C45H28N4O. The third kappa shape index (κ3) is 4.52. The zero-order valence-corrected chi connectivity index (χ0v) is 26.9. The molecule has 50 heavy (non-hydrogen) atoms. The molecule has 5 nitrogen and oxygen atoms in total. The van der Waals surface area contributed by atoms with Crippen LogP contribution < -0.4 is 0 Å². The van der Waals surface area contributed by atoms with Gasteiger partial charge in [0.05, 0.1) is 16.6 Å². The lowest BCUT2D eigenvalue weighted by Crippen LogP contribution is -2.00. The number of furan rings is 1. The van der Waals surface area contributed by atoms with Gasteiger partial charge in [0.15, 0.2) is 23.1 Å². The van der Waals surface area contributed by atoms with E-state index < -0.39 is 0 Å². The molecule has 0 unspecified atom stereocenters. The van der Waals surface area contributed by atoms with Gasteiger partial charge in [-0.15, -0.1) is 0 Å². The molecule has 0 radical (unpaired) electrons. The van der Waals surface area contributed by atoms with Crippen molar-refractivity contribution in [2.24, 2.45) is 0 Å². The predicted molar refractivity (Wildman–Crippen MR) is 203 cm³/mol. The number of benzene rings is 7. The lowest BCUT2D eigenvalue weighted by atomic mass is 10.1. The lowest BCUT2D eigenvalue weighted by Gasteiger charge is -2.09. The van der Waals surface area contributed by atoms with Crippen molar-refractivity contribution in [2.45, 2.75) is 0 Å². The van der Waals surface area contributed by atoms with Gasteiger partial charge in [-0.1, -0.05) is 140 Å². The standard InChI is InChI=1S/C45H28N4O/c1-4-13-29(14-5-1)30-23-25-33(26-24-30)49-39-22-11-10-19-34(39)35-27-28-37-36-20-12-21-38(41(36)50-42(37)40(35)49)45-47-43(31-15-6-2-7-16-31)46-44(48-45)32-17-8-3-9-18-32/h1-28H. The van der Waals surface area contributed by atoms with Gasteiger partial charge in [0.1, 0.15) is 5.58 Å². The normalized spacial score (nSPS) is 11.6. The van der Waals surface area contributed by atoms with E-state index in [0.29, 0.717) is 17.5 Å². The molecule has 10 aromatic rings. The average Bonchev–Trinajstić information content (AvgIpc) is 3.75. The van der Waals surface area contributed by atoms with Gasteiger partial charge in [-0.25, -0.2) is 15.0 Å². The molecular weight excluding hydrogens is 613 g/mol. The summed E-state index contributed by atoms with van der Waals surface area (Å²) in [5.41, 5.74) is 9.84. The lowest BCUT2D eigenvalue weighted by molar-refractivity contribution is 0.671. The summed E-state index contributed by atoms with van der Waals surface area (Å²) < 4.78 is 9.33. The van der Waals surface area contributed by atoms with Crippen LogP contribution in [0.15, 0.2) is 174 Å². The van der Waals surface area contributed by atoms with Crippen molar-refractivity contribution < 1.29 is 4.42 Å². The van der Waals surface area contributed by atoms with Crippen LogP contribution in [0.2, 0.25) is 0 Å². The zero-order chi connectivity index (χ0) is 33.0. The second-order valence-electron chi connectivity index (χ2n) is 12.4. The fraction of sp³-hybridized carbons (Fsp3) is 0. The van der Waals surface area contributed by atoms with E-state index in [0.717, 1.165) is 60.7 Å². The van der Waals surface area contributed by atoms with Crippen LogP contribution in [0.1, 0.15) is 0 Å². The maximum Gasteiger partial charge on any atom is 0.167 e. The topological polar surface area (TPSA) is 56.7 Å². The Bertz CT molecular complexity index is 2780. The van der Waals surface area contributed by atoms with Gasteiger partial charge in [-0.05, 0) is 41.5 Å². The maximum absolute atomic E-state index is 7.01. The molecule has 0 atom stereocenters. The molecule has 10 rings (SSSR count). The van der Waals surface area contributed by atoms with Crippen LogP contribution in [0.3, 0.4) is 0 Å². The number of hydrogen-bond donors (Lipinski definition) is 0. The highest BCUT2D eigenvalue weighted by Gasteiger charge is 2.22. The van der Waals surface area contributed by atoms with Crippen LogP contribution >= 0.6 is 0 Å². The SMILES string of the molecule is c1ccc(-c2ccc(-n3c4ccccc4c4ccc5c6cccc(-c7nc(-c8ccccc8)nc(-c8ccccc8)n7)c6oc5c43)cc2)cc1. The summed E-state index contributed by atoms with van der Waals surface area (Å²) >= 11 is 0. The number of para-hydroxylation sites is 2. The molecule has 0 fully saturated rings. The van der Waals surface area contributed by atoms with E-state index in [-0.39, 0.29) is 0 Å². The largest absolute Gasteiger partial charge is 0.453 e. The predicted octanol–water partition coefficient (Wildman–Crippen LogP) is 11.5. The minimum atomic E-state index is 0.565. The Hall–Kier alpha value is -6.85. The third-order valence-corrected chi connectivity index (χ3v) is 9.47. The van der Waals surface area contributed by atoms with E-state index in [1.54, 1.807) is 0 Å². The van der Waals surface area contributed by atoms with Gasteiger partial charge >= 0.3 is 0 Å². The smallest absolute Gasteiger partial charge is 0.167 e. The first-order valence-electron chi connectivity index (χ1n) is 16.7.